The van der Waals surface area contributed by atoms with Crippen LogP contribution in [0.3, 0.4) is 0 Å². The highest BCUT2D eigenvalue weighted by Crippen LogP contribution is 2.34. The van der Waals surface area contributed by atoms with Gasteiger partial charge in [-0.3, -0.25) is 4.90 Å². The Morgan fingerprint density at radius 3 is 2.44 bits per heavy atom. The zero-order valence-electron chi connectivity index (χ0n) is 15.5. The van der Waals surface area contributed by atoms with Gasteiger partial charge in [-0.1, -0.05) is 13.3 Å². The topological polar surface area (TPSA) is 53.6 Å². The van der Waals surface area contributed by atoms with Crippen molar-refractivity contribution < 1.29 is 9.53 Å². The first-order valence-corrected chi connectivity index (χ1v) is 9.75. The number of nitrogens with zero attached hydrogens (tertiary/aromatic N) is 1. The van der Waals surface area contributed by atoms with E-state index in [0.29, 0.717) is 18.7 Å². The van der Waals surface area contributed by atoms with Gasteiger partial charge in [0.05, 0.1) is 6.61 Å². The second-order valence-corrected chi connectivity index (χ2v) is 7.20. The first kappa shape index (κ1) is 18.1. The van der Waals surface area contributed by atoms with Crippen molar-refractivity contribution in [3.63, 3.8) is 0 Å². The molecule has 2 bridgehead atoms. The molecule has 2 heterocycles. The molecule has 1 aromatic rings. The number of amides is 2. The van der Waals surface area contributed by atoms with Crippen molar-refractivity contribution in [2.75, 3.05) is 18.5 Å². The van der Waals surface area contributed by atoms with E-state index in [0.717, 1.165) is 24.3 Å². The second-order valence-electron chi connectivity index (χ2n) is 7.20. The molecule has 138 valence electrons. The lowest BCUT2D eigenvalue weighted by atomic mass is 9.81. The van der Waals surface area contributed by atoms with Crippen molar-refractivity contribution in [1.82, 2.24) is 10.2 Å². The van der Waals surface area contributed by atoms with Crippen LogP contribution in [0.1, 0.15) is 52.4 Å². The summed E-state index contributed by atoms with van der Waals surface area (Å²) in [5.41, 5.74) is 0.796. The Hall–Kier alpha value is -1.75. The molecule has 2 atom stereocenters. The number of hydrogen-bond acceptors (Lipinski definition) is 3. The number of piperidine rings is 2. The molecular weight excluding hydrogens is 314 g/mol. The summed E-state index contributed by atoms with van der Waals surface area (Å²) in [5.74, 6) is 0.824. The molecule has 2 unspecified atom stereocenters. The largest absolute Gasteiger partial charge is 0.494 e. The monoisotopic (exact) mass is 345 g/mol. The Balaban J connectivity index is 1.51. The Bertz CT molecular complexity index is 547. The van der Waals surface area contributed by atoms with Crippen LogP contribution < -0.4 is 15.4 Å². The highest BCUT2D eigenvalue weighted by atomic mass is 16.5. The summed E-state index contributed by atoms with van der Waals surface area (Å²) in [6.07, 6.45) is 7.24. The van der Waals surface area contributed by atoms with Gasteiger partial charge in [0.1, 0.15) is 5.75 Å². The minimum absolute atomic E-state index is 0.101. The van der Waals surface area contributed by atoms with Crippen molar-refractivity contribution in [2.24, 2.45) is 0 Å². The molecule has 2 saturated heterocycles. The number of urea groups is 1. The summed E-state index contributed by atoms with van der Waals surface area (Å²) >= 11 is 0. The minimum Gasteiger partial charge on any atom is -0.494 e. The number of hydrogen-bond donors (Lipinski definition) is 2. The van der Waals surface area contributed by atoms with Gasteiger partial charge >= 0.3 is 6.03 Å². The second kappa shape index (κ2) is 8.56. The number of carbonyl (C=O) groups is 1. The molecule has 1 aromatic carbocycles. The lowest BCUT2D eigenvalue weighted by molar-refractivity contribution is 0.0272. The third-order valence-electron chi connectivity index (χ3n) is 5.37. The summed E-state index contributed by atoms with van der Waals surface area (Å²) in [6.45, 7) is 6.05. The fourth-order valence-electron chi connectivity index (χ4n) is 4.37. The van der Waals surface area contributed by atoms with Crippen LogP contribution >= 0.6 is 0 Å². The molecule has 2 aliphatic heterocycles. The maximum absolute atomic E-state index is 12.4. The van der Waals surface area contributed by atoms with Gasteiger partial charge in [-0.05, 0) is 69.8 Å². The number of fused-ring (bicyclic) bond motifs is 2. The first-order chi connectivity index (χ1) is 12.2. The molecule has 2 amide bonds. The number of carbonyl (C=O) groups excluding carboxylic acids is 1. The molecule has 0 spiro atoms. The molecule has 3 rings (SSSR count). The summed E-state index contributed by atoms with van der Waals surface area (Å²) in [7, 11) is 0. The van der Waals surface area contributed by atoms with Crippen molar-refractivity contribution >= 4 is 11.7 Å². The van der Waals surface area contributed by atoms with Crippen LogP contribution in [0.25, 0.3) is 0 Å². The van der Waals surface area contributed by atoms with Gasteiger partial charge in [-0.15, -0.1) is 0 Å². The fourth-order valence-corrected chi connectivity index (χ4v) is 4.37. The number of rotatable bonds is 6. The van der Waals surface area contributed by atoms with Crippen molar-refractivity contribution in [1.29, 1.82) is 0 Å². The minimum atomic E-state index is -0.101. The first-order valence-electron chi connectivity index (χ1n) is 9.75. The third-order valence-corrected chi connectivity index (χ3v) is 5.37. The Morgan fingerprint density at radius 1 is 1.16 bits per heavy atom. The number of anilines is 1. The van der Waals surface area contributed by atoms with E-state index in [9.17, 15) is 4.79 Å². The number of benzene rings is 1. The van der Waals surface area contributed by atoms with E-state index < -0.39 is 0 Å². The lowest BCUT2D eigenvalue weighted by Gasteiger charge is -2.49. The molecule has 2 N–H and O–H groups in total. The van der Waals surface area contributed by atoms with Crippen LogP contribution in [0, 0.1) is 0 Å². The molecule has 25 heavy (non-hydrogen) atoms. The molecule has 0 saturated carbocycles. The zero-order valence-corrected chi connectivity index (χ0v) is 15.5. The van der Waals surface area contributed by atoms with Gasteiger partial charge in [-0.2, -0.15) is 0 Å². The van der Waals surface area contributed by atoms with Gasteiger partial charge < -0.3 is 15.4 Å². The predicted molar refractivity (Wildman–Crippen MR) is 101 cm³/mol. The van der Waals surface area contributed by atoms with Crippen LogP contribution in [-0.4, -0.2) is 42.2 Å². The quantitative estimate of drug-likeness (QED) is 0.819. The average molecular weight is 345 g/mol. The van der Waals surface area contributed by atoms with Crippen molar-refractivity contribution in [2.45, 2.75) is 70.5 Å². The molecule has 0 aromatic heterocycles. The van der Waals surface area contributed by atoms with Crippen LogP contribution in [-0.2, 0) is 0 Å². The summed E-state index contributed by atoms with van der Waals surface area (Å²) in [5, 5.41) is 6.13. The molecule has 2 aliphatic rings. The maximum atomic E-state index is 12.4. The van der Waals surface area contributed by atoms with E-state index in [2.05, 4.69) is 22.5 Å². The van der Waals surface area contributed by atoms with Crippen LogP contribution in [0.4, 0.5) is 10.5 Å². The summed E-state index contributed by atoms with van der Waals surface area (Å²) in [4.78, 5) is 15.0. The van der Waals surface area contributed by atoms with E-state index >= 15 is 0 Å². The smallest absolute Gasteiger partial charge is 0.319 e. The Morgan fingerprint density at radius 2 is 1.84 bits per heavy atom. The Labute approximate surface area is 151 Å². The molecular formula is C20H31N3O2. The van der Waals surface area contributed by atoms with Crippen molar-refractivity contribution in [3.05, 3.63) is 24.3 Å². The van der Waals surface area contributed by atoms with Crippen LogP contribution in [0.15, 0.2) is 24.3 Å². The third kappa shape index (κ3) is 4.66. The van der Waals surface area contributed by atoms with Gasteiger partial charge in [0.25, 0.3) is 0 Å². The van der Waals surface area contributed by atoms with Crippen LogP contribution in [0.2, 0.25) is 0 Å². The Kier molecular flexibility index (Phi) is 6.19. The van der Waals surface area contributed by atoms with E-state index in [4.69, 9.17) is 4.74 Å². The molecule has 5 heteroatoms. The van der Waals surface area contributed by atoms with E-state index in [1.54, 1.807) is 0 Å². The van der Waals surface area contributed by atoms with Gasteiger partial charge in [0.2, 0.25) is 0 Å². The van der Waals surface area contributed by atoms with E-state index in [-0.39, 0.29) is 12.1 Å². The molecule has 0 radical (unpaired) electrons. The van der Waals surface area contributed by atoms with Crippen LogP contribution in [0.5, 0.6) is 5.75 Å². The predicted octanol–water partition coefficient (Wildman–Crippen LogP) is 4.00. The normalized spacial score (nSPS) is 26.1. The maximum Gasteiger partial charge on any atom is 0.319 e. The number of ether oxygens (including phenoxy) is 1. The SMILES string of the molecule is CCCN1C2CCCC1CC(NC(=O)Nc1ccc(OCC)cc1)C2. The van der Waals surface area contributed by atoms with E-state index in [1.165, 1.54) is 32.2 Å². The molecule has 5 nitrogen and oxygen atoms in total. The van der Waals surface area contributed by atoms with E-state index in [1.807, 2.05) is 31.2 Å². The average Bonchev–Trinajstić information content (AvgIpc) is 2.58. The molecule has 0 aliphatic carbocycles. The molecule has 2 fully saturated rings. The highest BCUT2D eigenvalue weighted by molar-refractivity contribution is 5.89. The number of nitrogens with one attached hydrogen (secondary N) is 2. The highest BCUT2D eigenvalue weighted by Gasteiger charge is 2.37. The zero-order chi connectivity index (χ0) is 17.6. The van der Waals surface area contributed by atoms with Gasteiger partial charge in [0, 0.05) is 23.8 Å². The summed E-state index contributed by atoms with van der Waals surface area (Å²) in [6, 6.07) is 8.99. The fraction of sp³-hybridized carbons (Fsp3) is 0.650. The van der Waals surface area contributed by atoms with Crippen molar-refractivity contribution in [3.8, 4) is 5.75 Å². The van der Waals surface area contributed by atoms with Gasteiger partial charge in [-0.25, -0.2) is 4.79 Å². The van der Waals surface area contributed by atoms with Gasteiger partial charge in [0.15, 0.2) is 0 Å². The standard InChI is InChI=1S/C20H31N3O2/c1-3-12-23-17-6-5-7-18(23)14-16(13-17)22-20(24)21-15-8-10-19(11-9-15)25-4-2/h8-11,16-18H,3-7,12-14H2,1-2H3,(H2,21,22,24). The summed E-state index contributed by atoms with van der Waals surface area (Å²) < 4.78 is 5.43. The lowest BCUT2D eigenvalue weighted by Crippen LogP contribution is -2.57.